The van der Waals surface area contributed by atoms with Crippen molar-refractivity contribution >= 4 is 28.4 Å². The molecule has 2 aromatic heterocycles. The molecule has 0 radical (unpaired) electrons. The molecule has 3 aromatic rings. The fraction of sp³-hybridized carbons (Fsp3) is 0.400. The third-order valence-electron chi connectivity index (χ3n) is 5.00. The number of nitrogens with one attached hydrogen (secondary N) is 1. The van der Waals surface area contributed by atoms with Crippen molar-refractivity contribution in [3.05, 3.63) is 50.9 Å². The van der Waals surface area contributed by atoms with Crippen LogP contribution in [0.15, 0.2) is 33.9 Å². The molecular formula is C20H26N6O3. The van der Waals surface area contributed by atoms with Crippen LogP contribution in [0.25, 0.3) is 11.0 Å². The Hall–Kier alpha value is -3.36. The Bertz CT molecular complexity index is 1160. The topological polar surface area (TPSA) is 119 Å². The normalized spacial score (nSPS) is 11.1. The van der Waals surface area contributed by atoms with Crippen LogP contribution in [-0.2, 0) is 24.3 Å². The van der Waals surface area contributed by atoms with E-state index in [0.29, 0.717) is 13.0 Å². The number of rotatable bonds is 7. The zero-order chi connectivity index (χ0) is 21.1. The second-order valence-electron chi connectivity index (χ2n) is 6.91. The van der Waals surface area contributed by atoms with E-state index in [1.807, 2.05) is 42.7 Å². The molecule has 0 spiro atoms. The first-order valence-corrected chi connectivity index (χ1v) is 9.72. The smallest absolute Gasteiger partial charge is 0.330 e. The van der Waals surface area contributed by atoms with Crippen molar-refractivity contribution in [2.75, 3.05) is 17.7 Å². The summed E-state index contributed by atoms with van der Waals surface area (Å²) in [5.41, 5.74) is 6.50. The number of nitrogens with two attached hydrogens (primary N) is 1. The number of carbonyl (C=O) groups excluding carboxylic acids is 1. The molecule has 0 aliphatic carbocycles. The number of anilines is 2. The van der Waals surface area contributed by atoms with Crippen LogP contribution < -0.4 is 21.9 Å². The summed E-state index contributed by atoms with van der Waals surface area (Å²) in [6.45, 7) is 4.34. The molecule has 0 saturated carbocycles. The lowest BCUT2D eigenvalue weighted by atomic mass is 10.3. The lowest BCUT2D eigenvalue weighted by Gasteiger charge is -2.21. The van der Waals surface area contributed by atoms with Crippen LogP contribution in [0, 0.1) is 0 Å². The molecule has 1 aromatic carbocycles. The standard InChI is InChI=1S/C20H26N6O3/c1-4-6-11-25-18(21)17(19(28)23-20(25)29)24(3)16(27)12-26-14-10-8-7-9-13(14)22-15(26)5-2/h7-10H,4-6,11-12,21H2,1-3H3,(H,23,28,29). The molecule has 29 heavy (non-hydrogen) atoms. The lowest BCUT2D eigenvalue weighted by Crippen LogP contribution is -2.40. The maximum absolute atomic E-state index is 13.0. The number of fused-ring (bicyclic) bond motifs is 1. The van der Waals surface area contributed by atoms with Crippen LogP contribution in [-0.4, -0.2) is 32.1 Å². The van der Waals surface area contributed by atoms with Gasteiger partial charge in [0.1, 0.15) is 18.2 Å². The molecule has 0 atom stereocenters. The monoisotopic (exact) mass is 398 g/mol. The minimum atomic E-state index is -0.678. The number of nitrogens with zero attached hydrogens (tertiary/aromatic N) is 4. The number of aromatic nitrogens is 4. The van der Waals surface area contributed by atoms with Gasteiger partial charge in [0.2, 0.25) is 5.91 Å². The summed E-state index contributed by atoms with van der Waals surface area (Å²) >= 11 is 0. The molecule has 0 fully saturated rings. The second kappa shape index (κ2) is 8.34. The highest BCUT2D eigenvalue weighted by atomic mass is 16.2. The van der Waals surface area contributed by atoms with Gasteiger partial charge in [-0.2, -0.15) is 0 Å². The number of amides is 1. The van der Waals surface area contributed by atoms with E-state index < -0.39 is 11.2 Å². The lowest BCUT2D eigenvalue weighted by molar-refractivity contribution is -0.118. The van der Waals surface area contributed by atoms with Crippen molar-refractivity contribution in [3.8, 4) is 0 Å². The molecule has 9 heteroatoms. The van der Waals surface area contributed by atoms with E-state index in [1.54, 1.807) is 0 Å². The maximum atomic E-state index is 13.0. The molecule has 3 N–H and O–H groups in total. The number of carbonyl (C=O) groups is 1. The molecule has 154 valence electrons. The summed E-state index contributed by atoms with van der Waals surface area (Å²) in [5, 5.41) is 0. The van der Waals surface area contributed by atoms with E-state index in [0.717, 1.165) is 29.7 Å². The van der Waals surface area contributed by atoms with Crippen molar-refractivity contribution in [2.24, 2.45) is 0 Å². The highest BCUT2D eigenvalue weighted by Crippen LogP contribution is 2.19. The van der Waals surface area contributed by atoms with Crippen molar-refractivity contribution in [3.63, 3.8) is 0 Å². The van der Waals surface area contributed by atoms with Gasteiger partial charge in [0.25, 0.3) is 5.56 Å². The highest BCUT2D eigenvalue weighted by Gasteiger charge is 2.22. The zero-order valence-electron chi connectivity index (χ0n) is 16.9. The first-order valence-electron chi connectivity index (χ1n) is 9.72. The summed E-state index contributed by atoms with van der Waals surface area (Å²) < 4.78 is 3.14. The molecule has 0 saturated heterocycles. The van der Waals surface area contributed by atoms with E-state index >= 15 is 0 Å². The minimum Gasteiger partial charge on any atom is -0.383 e. The van der Waals surface area contributed by atoms with Crippen LogP contribution in [0.4, 0.5) is 11.5 Å². The fourth-order valence-corrected chi connectivity index (χ4v) is 3.38. The van der Waals surface area contributed by atoms with Gasteiger partial charge >= 0.3 is 5.69 Å². The third kappa shape index (κ3) is 3.80. The van der Waals surface area contributed by atoms with Crippen LogP contribution in [0.2, 0.25) is 0 Å². The van der Waals surface area contributed by atoms with Gasteiger partial charge in [-0.1, -0.05) is 32.4 Å². The Labute approximate surface area is 167 Å². The van der Waals surface area contributed by atoms with Gasteiger partial charge in [-0.15, -0.1) is 0 Å². The number of hydrogen-bond acceptors (Lipinski definition) is 5. The fourth-order valence-electron chi connectivity index (χ4n) is 3.38. The second-order valence-corrected chi connectivity index (χ2v) is 6.91. The summed E-state index contributed by atoms with van der Waals surface area (Å²) in [4.78, 5) is 45.6. The summed E-state index contributed by atoms with van der Waals surface area (Å²) in [6.07, 6.45) is 2.26. The summed E-state index contributed by atoms with van der Waals surface area (Å²) in [7, 11) is 1.49. The highest BCUT2D eigenvalue weighted by molar-refractivity contribution is 5.95. The van der Waals surface area contributed by atoms with Gasteiger partial charge in [-0.25, -0.2) is 9.78 Å². The number of hydrogen-bond donors (Lipinski definition) is 2. The molecule has 1 amide bonds. The number of imidazole rings is 1. The van der Waals surface area contributed by atoms with Gasteiger partial charge in [-0.3, -0.25) is 19.1 Å². The Morgan fingerprint density at radius 1 is 1.21 bits per heavy atom. The molecule has 3 rings (SSSR count). The zero-order valence-corrected chi connectivity index (χ0v) is 16.9. The average molecular weight is 398 g/mol. The largest absolute Gasteiger partial charge is 0.383 e. The molecule has 0 bridgehead atoms. The average Bonchev–Trinajstić information content (AvgIpc) is 3.05. The van der Waals surface area contributed by atoms with Crippen molar-refractivity contribution < 1.29 is 4.79 Å². The van der Waals surface area contributed by atoms with E-state index in [9.17, 15) is 14.4 Å². The number of likely N-dealkylation sites (N-methyl/N-ethyl adjacent to an activating group) is 1. The molecule has 0 unspecified atom stereocenters. The van der Waals surface area contributed by atoms with Crippen LogP contribution in [0.3, 0.4) is 0 Å². The van der Waals surface area contributed by atoms with Gasteiger partial charge in [0, 0.05) is 20.0 Å². The van der Waals surface area contributed by atoms with E-state index in [-0.39, 0.29) is 24.0 Å². The molecule has 2 heterocycles. The van der Waals surface area contributed by atoms with Gasteiger partial charge < -0.3 is 15.2 Å². The Kier molecular flexibility index (Phi) is 5.86. The van der Waals surface area contributed by atoms with E-state index in [1.165, 1.54) is 16.5 Å². The number of aryl methyl sites for hydroxylation is 1. The Morgan fingerprint density at radius 2 is 1.93 bits per heavy atom. The molecular weight excluding hydrogens is 372 g/mol. The minimum absolute atomic E-state index is 0.00532. The predicted octanol–water partition coefficient (Wildman–Crippen LogP) is 1.49. The maximum Gasteiger partial charge on any atom is 0.330 e. The number of aromatic amines is 1. The summed E-state index contributed by atoms with van der Waals surface area (Å²) in [6, 6.07) is 7.58. The number of nitrogen functional groups attached to an aromatic ring is 1. The van der Waals surface area contributed by atoms with E-state index in [4.69, 9.17) is 5.73 Å². The van der Waals surface area contributed by atoms with Gasteiger partial charge in [0.15, 0.2) is 5.69 Å². The van der Waals surface area contributed by atoms with E-state index in [2.05, 4.69) is 9.97 Å². The molecule has 9 nitrogen and oxygen atoms in total. The number of H-pyrrole nitrogens is 1. The van der Waals surface area contributed by atoms with Gasteiger partial charge in [-0.05, 0) is 18.6 Å². The first-order chi connectivity index (χ1) is 13.9. The number of para-hydroxylation sites is 2. The quantitative estimate of drug-likeness (QED) is 0.625. The number of unbranched alkanes of at least 4 members (excludes halogenated alkanes) is 1. The Morgan fingerprint density at radius 3 is 2.62 bits per heavy atom. The van der Waals surface area contributed by atoms with Crippen LogP contribution in [0.5, 0.6) is 0 Å². The third-order valence-corrected chi connectivity index (χ3v) is 5.00. The van der Waals surface area contributed by atoms with Crippen molar-refractivity contribution in [2.45, 2.75) is 46.2 Å². The van der Waals surface area contributed by atoms with Gasteiger partial charge in [0.05, 0.1) is 11.0 Å². The predicted molar refractivity (Wildman–Crippen MR) is 113 cm³/mol. The summed E-state index contributed by atoms with van der Waals surface area (Å²) in [5.74, 6) is 0.442. The van der Waals surface area contributed by atoms with Crippen LogP contribution in [0.1, 0.15) is 32.5 Å². The molecule has 0 aliphatic heterocycles. The van der Waals surface area contributed by atoms with Crippen molar-refractivity contribution in [1.82, 2.24) is 19.1 Å². The molecule has 0 aliphatic rings. The van der Waals surface area contributed by atoms with Crippen LogP contribution >= 0.6 is 0 Å². The first kappa shape index (κ1) is 20.4. The van der Waals surface area contributed by atoms with Crippen molar-refractivity contribution in [1.29, 1.82) is 0 Å². The Balaban J connectivity index is 1.98. The SMILES string of the molecule is CCCCn1c(N)c(N(C)C(=O)Cn2c(CC)nc3ccccc32)c(=O)[nH]c1=O. The number of benzene rings is 1.